The van der Waals surface area contributed by atoms with E-state index in [0.29, 0.717) is 0 Å². The van der Waals surface area contributed by atoms with Crippen molar-refractivity contribution in [1.82, 2.24) is 4.90 Å². The molecule has 0 aliphatic carbocycles. The minimum Gasteiger partial charge on any atom is -0.330 e. The maximum Gasteiger partial charge on any atom is 0.324 e. The van der Waals surface area contributed by atoms with Crippen LogP contribution in [-0.2, 0) is 6.42 Å². The average Bonchev–Trinajstić information content (AvgIpc) is 2.52. The van der Waals surface area contributed by atoms with Gasteiger partial charge in [0.25, 0.3) is 0 Å². The topological polar surface area (TPSA) is 23.6 Å². The van der Waals surface area contributed by atoms with Crippen LogP contribution < -0.4 is 4.90 Å². The normalized spacial score (nSPS) is 18.9. The van der Waals surface area contributed by atoms with Gasteiger partial charge < -0.3 is 4.90 Å². The molecule has 1 atom stereocenters. The number of carbonyl (C=O) groups excluding carboxylic acids is 1. The van der Waals surface area contributed by atoms with Crippen molar-refractivity contribution in [2.24, 2.45) is 0 Å². The fourth-order valence-electron chi connectivity index (χ4n) is 2.07. The number of hydrogen-bond acceptors (Lipinski definition) is 1. The van der Waals surface area contributed by atoms with Gasteiger partial charge >= 0.3 is 6.03 Å². The third-order valence-electron chi connectivity index (χ3n) is 2.80. The van der Waals surface area contributed by atoms with Crippen molar-refractivity contribution in [2.75, 3.05) is 19.0 Å². The van der Waals surface area contributed by atoms with E-state index < -0.39 is 0 Å². The van der Waals surface area contributed by atoms with Crippen molar-refractivity contribution < 1.29 is 4.79 Å². The molecule has 2 rings (SSSR count). The number of hydrogen-bond donors (Lipinski definition) is 0. The second kappa shape index (κ2) is 3.57. The van der Waals surface area contributed by atoms with Gasteiger partial charge in [-0.1, -0.05) is 18.2 Å². The highest BCUT2D eigenvalue weighted by atomic mass is 16.2. The van der Waals surface area contributed by atoms with Crippen molar-refractivity contribution >= 4 is 11.7 Å². The summed E-state index contributed by atoms with van der Waals surface area (Å²) in [4.78, 5) is 15.5. The smallest absolute Gasteiger partial charge is 0.324 e. The third kappa shape index (κ3) is 1.58. The number of carbonyl (C=O) groups is 1. The maximum absolute atomic E-state index is 12.0. The Labute approximate surface area is 90.3 Å². The Balaban J connectivity index is 2.38. The van der Waals surface area contributed by atoms with Crippen molar-refractivity contribution in [3.05, 3.63) is 29.8 Å². The van der Waals surface area contributed by atoms with Crippen LogP contribution in [0.15, 0.2) is 24.3 Å². The molecule has 0 spiro atoms. The van der Waals surface area contributed by atoms with E-state index >= 15 is 0 Å². The Hall–Kier alpha value is -1.51. The largest absolute Gasteiger partial charge is 0.330 e. The third-order valence-corrected chi connectivity index (χ3v) is 2.80. The first-order chi connectivity index (χ1) is 7.11. The number of nitrogens with zero attached hydrogens (tertiary/aromatic N) is 2. The number of fused-ring (bicyclic) bond motifs is 1. The van der Waals surface area contributed by atoms with Crippen LogP contribution in [0.25, 0.3) is 0 Å². The van der Waals surface area contributed by atoms with Crippen LogP contribution in [0, 0.1) is 0 Å². The fourth-order valence-corrected chi connectivity index (χ4v) is 2.07. The minimum absolute atomic E-state index is 0.0625. The summed E-state index contributed by atoms with van der Waals surface area (Å²) in [6.45, 7) is 2.08. The molecular formula is C12H16N2O. The lowest BCUT2D eigenvalue weighted by molar-refractivity contribution is 0.222. The lowest BCUT2D eigenvalue weighted by Gasteiger charge is -2.26. The van der Waals surface area contributed by atoms with Gasteiger partial charge in [0.2, 0.25) is 0 Å². The zero-order chi connectivity index (χ0) is 11.0. The van der Waals surface area contributed by atoms with Crippen molar-refractivity contribution in [3.63, 3.8) is 0 Å². The van der Waals surface area contributed by atoms with Gasteiger partial charge in [-0.25, -0.2) is 4.79 Å². The Bertz CT molecular complexity index is 387. The Morgan fingerprint density at radius 1 is 1.40 bits per heavy atom. The van der Waals surface area contributed by atoms with Crippen molar-refractivity contribution in [2.45, 2.75) is 19.4 Å². The Kier molecular flexibility index (Phi) is 2.39. The predicted molar refractivity (Wildman–Crippen MR) is 61.2 cm³/mol. The highest BCUT2D eigenvalue weighted by Gasteiger charge is 2.31. The Morgan fingerprint density at radius 3 is 2.73 bits per heavy atom. The molecule has 3 heteroatoms. The summed E-state index contributed by atoms with van der Waals surface area (Å²) in [5.74, 6) is 0. The number of amides is 2. The molecule has 0 aromatic heterocycles. The van der Waals surface area contributed by atoms with Gasteiger partial charge in [0, 0.05) is 25.8 Å². The van der Waals surface area contributed by atoms with Crippen molar-refractivity contribution in [1.29, 1.82) is 0 Å². The second-order valence-corrected chi connectivity index (χ2v) is 4.23. The molecule has 1 aromatic carbocycles. The minimum atomic E-state index is 0.0625. The molecule has 2 amide bonds. The van der Waals surface area contributed by atoms with E-state index in [-0.39, 0.29) is 12.1 Å². The average molecular weight is 204 g/mol. The van der Waals surface area contributed by atoms with E-state index in [4.69, 9.17) is 0 Å². The standard InChI is InChI=1S/C12H16N2O/c1-9-8-10-6-4-5-7-11(10)14(9)12(15)13(2)3/h4-7,9H,8H2,1-3H3/t9-/m0/s1. The van der Waals surface area contributed by atoms with Gasteiger partial charge in [0.1, 0.15) is 0 Å². The summed E-state index contributed by atoms with van der Waals surface area (Å²) < 4.78 is 0. The number of para-hydroxylation sites is 1. The molecule has 1 heterocycles. The van der Waals surface area contributed by atoms with Crippen molar-refractivity contribution in [3.8, 4) is 0 Å². The van der Waals surface area contributed by atoms with E-state index in [0.717, 1.165) is 12.1 Å². The summed E-state index contributed by atoms with van der Waals surface area (Å²) >= 11 is 0. The van der Waals surface area contributed by atoms with E-state index in [2.05, 4.69) is 13.0 Å². The molecule has 15 heavy (non-hydrogen) atoms. The highest BCUT2D eigenvalue weighted by molar-refractivity contribution is 5.94. The van der Waals surface area contributed by atoms with Crippen LogP contribution in [0.4, 0.5) is 10.5 Å². The molecule has 0 bridgehead atoms. The summed E-state index contributed by atoms with van der Waals surface area (Å²) in [6, 6.07) is 8.43. The molecule has 0 saturated heterocycles. The molecule has 0 saturated carbocycles. The van der Waals surface area contributed by atoms with Gasteiger partial charge in [-0.15, -0.1) is 0 Å². The number of urea groups is 1. The van der Waals surface area contributed by atoms with Gasteiger partial charge in [-0.05, 0) is 25.0 Å². The van der Waals surface area contributed by atoms with Crippen LogP contribution in [0.1, 0.15) is 12.5 Å². The van der Waals surface area contributed by atoms with Crippen LogP contribution >= 0.6 is 0 Å². The summed E-state index contributed by atoms with van der Waals surface area (Å²) in [5, 5.41) is 0. The van der Waals surface area contributed by atoms with E-state index in [1.54, 1.807) is 19.0 Å². The van der Waals surface area contributed by atoms with Gasteiger partial charge in [-0.2, -0.15) is 0 Å². The first kappa shape index (κ1) is 10.0. The van der Waals surface area contributed by atoms with Crippen LogP contribution in [-0.4, -0.2) is 31.1 Å². The van der Waals surface area contributed by atoms with Crippen LogP contribution in [0.3, 0.4) is 0 Å². The molecule has 1 aliphatic heterocycles. The molecule has 0 fully saturated rings. The molecule has 1 aromatic rings. The summed E-state index contributed by atoms with van der Waals surface area (Å²) in [7, 11) is 3.58. The predicted octanol–water partition coefficient (Wildman–Crippen LogP) is 2.12. The van der Waals surface area contributed by atoms with Gasteiger partial charge in [-0.3, -0.25) is 4.90 Å². The lowest BCUT2D eigenvalue weighted by atomic mass is 10.1. The first-order valence-corrected chi connectivity index (χ1v) is 5.19. The molecule has 0 unspecified atom stereocenters. The molecule has 0 radical (unpaired) electrons. The van der Waals surface area contributed by atoms with E-state index in [9.17, 15) is 4.79 Å². The molecule has 0 N–H and O–H groups in total. The molecule has 1 aliphatic rings. The van der Waals surface area contributed by atoms with Gasteiger partial charge in [0.05, 0.1) is 0 Å². The quantitative estimate of drug-likeness (QED) is 0.635. The number of benzene rings is 1. The summed E-state index contributed by atoms with van der Waals surface area (Å²) in [5.41, 5.74) is 2.32. The molecule has 3 nitrogen and oxygen atoms in total. The van der Waals surface area contributed by atoms with Gasteiger partial charge in [0.15, 0.2) is 0 Å². The molecular weight excluding hydrogens is 188 g/mol. The lowest BCUT2D eigenvalue weighted by Crippen LogP contribution is -2.42. The number of rotatable bonds is 0. The van der Waals surface area contributed by atoms with Crippen LogP contribution in [0.2, 0.25) is 0 Å². The maximum atomic E-state index is 12.0. The zero-order valence-corrected chi connectivity index (χ0v) is 9.40. The number of anilines is 1. The zero-order valence-electron chi connectivity index (χ0n) is 9.40. The SMILES string of the molecule is C[C@H]1Cc2ccccc2N1C(=O)N(C)C. The van der Waals surface area contributed by atoms with E-state index in [1.165, 1.54) is 5.56 Å². The van der Waals surface area contributed by atoms with Crippen LogP contribution in [0.5, 0.6) is 0 Å². The highest BCUT2D eigenvalue weighted by Crippen LogP contribution is 2.32. The summed E-state index contributed by atoms with van der Waals surface area (Å²) in [6.07, 6.45) is 0.954. The monoisotopic (exact) mass is 204 g/mol. The van der Waals surface area contributed by atoms with E-state index in [1.807, 2.05) is 23.1 Å². The molecule has 80 valence electrons. The first-order valence-electron chi connectivity index (χ1n) is 5.19. The fraction of sp³-hybridized carbons (Fsp3) is 0.417. The second-order valence-electron chi connectivity index (χ2n) is 4.23. The Morgan fingerprint density at radius 2 is 2.07 bits per heavy atom.